The van der Waals surface area contributed by atoms with Gasteiger partial charge in [0.05, 0.1) is 0 Å². The first-order valence-corrected chi connectivity index (χ1v) is 28.1. The molecule has 0 aromatic heterocycles. The van der Waals surface area contributed by atoms with Crippen molar-refractivity contribution in [1.29, 1.82) is 0 Å². The van der Waals surface area contributed by atoms with Crippen molar-refractivity contribution in [3.05, 3.63) is 85.1 Å². The van der Waals surface area contributed by atoms with E-state index in [1.54, 1.807) is 0 Å². The lowest BCUT2D eigenvalue weighted by atomic mass is 10.1. The van der Waals surface area contributed by atoms with Crippen LogP contribution >= 0.6 is 0 Å². The molecule has 0 saturated carbocycles. The molecule has 0 aromatic carbocycles. The smallest absolute Gasteiger partial charge is 0.306 e. The average Bonchev–Trinajstić information content (AvgIpc) is 3.33. The van der Waals surface area contributed by atoms with Crippen LogP contribution in [0.15, 0.2) is 85.1 Å². The molecule has 0 rings (SSSR count). The summed E-state index contributed by atoms with van der Waals surface area (Å²) in [6.45, 7) is 6.46. The van der Waals surface area contributed by atoms with E-state index in [0.717, 1.165) is 103 Å². The molecule has 0 fully saturated rings. The SMILES string of the molecule is CC/C=C\C/C=C\C/C=C\CCCCC(=O)OCC(COC(=O)CCCCCCCCC/C=C\CCCCCCCCCC)OC(=O)CCCCCCC\C=C/C=C\C=C/CCCCCCC. The summed E-state index contributed by atoms with van der Waals surface area (Å²) in [7, 11) is 0. The lowest BCUT2D eigenvalue weighted by Crippen LogP contribution is -2.30. The lowest BCUT2D eigenvalue weighted by molar-refractivity contribution is -0.167. The summed E-state index contributed by atoms with van der Waals surface area (Å²) < 4.78 is 16.8. The van der Waals surface area contributed by atoms with E-state index in [2.05, 4.69) is 106 Å². The lowest BCUT2D eigenvalue weighted by Gasteiger charge is -2.18. The van der Waals surface area contributed by atoms with Crippen LogP contribution in [0.2, 0.25) is 0 Å². The molecule has 6 nitrogen and oxygen atoms in total. The van der Waals surface area contributed by atoms with Gasteiger partial charge in [0.2, 0.25) is 0 Å². The van der Waals surface area contributed by atoms with Crippen molar-refractivity contribution in [3.63, 3.8) is 0 Å². The summed E-state index contributed by atoms with van der Waals surface area (Å²) in [5.74, 6) is -0.961. The van der Waals surface area contributed by atoms with Crippen molar-refractivity contribution in [3.8, 4) is 0 Å². The van der Waals surface area contributed by atoms with Crippen LogP contribution in [-0.2, 0) is 28.6 Å². The van der Waals surface area contributed by atoms with Crippen LogP contribution in [0.5, 0.6) is 0 Å². The van der Waals surface area contributed by atoms with Gasteiger partial charge in [0.25, 0.3) is 0 Å². The topological polar surface area (TPSA) is 78.9 Å². The Kier molecular flexibility index (Phi) is 52.4. The highest BCUT2D eigenvalue weighted by atomic mass is 16.6. The van der Waals surface area contributed by atoms with Gasteiger partial charge in [-0.2, -0.15) is 0 Å². The number of unbranched alkanes of at least 4 members (excludes halogenated alkanes) is 27. The van der Waals surface area contributed by atoms with Gasteiger partial charge in [-0.1, -0.05) is 228 Å². The van der Waals surface area contributed by atoms with Crippen molar-refractivity contribution in [2.45, 2.75) is 271 Å². The summed E-state index contributed by atoms with van der Waals surface area (Å²) in [6, 6.07) is 0. The van der Waals surface area contributed by atoms with Gasteiger partial charge in [-0.3, -0.25) is 14.4 Å². The number of hydrogen-bond acceptors (Lipinski definition) is 6. The molecule has 6 heteroatoms. The minimum absolute atomic E-state index is 0.0995. The van der Waals surface area contributed by atoms with Gasteiger partial charge >= 0.3 is 17.9 Å². The van der Waals surface area contributed by atoms with E-state index in [9.17, 15) is 14.4 Å². The third-order valence-corrected chi connectivity index (χ3v) is 11.9. The summed E-state index contributed by atoms with van der Waals surface area (Å²) in [5, 5.41) is 0. The highest BCUT2D eigenvalue weighted by molar-refractivity contribution is 5.71. The molecule has 0 spiro atoms. The second kappa shape index (κ2) is 55.2. The molecule has 1 atom stereocenters. The van der Waals surface area contributed by atoms with Gasteiger partial charge in [-0.05, 0) is 103 Å². The van der Waals surface area contributed by atoms with Crippen molar-refractivity contribution in [1.82, 2.24) is 0 Å². The van der Waals surface area contributed by atoms with Gasteiger partial charge < -0.3 is 14.2 Å². The molecule has 384 valence electrons. The first-order chi connectivity index (χ1) is 33.0. The van der Waals surface area contributed by atoms with Gasteiger partial charge in [0, 0.05) is 19.3 Å². The van der Waals surface area contributed by atoms with Gasteiger partial charge in [-0.15, -0.1) is 0 Å². The number of allylic oxidation sites excluding steroid dienone is 14. The quantitative estimate of drug-likeness (QED) is 0.0199. The Morgan fingerprint density at radius 2 is 0.642 bits per heavy atom. The van der Waals surface area contributed by atoms with Gasteiger partial charge in [0.1, 0.15) is 13.2 Å². The Labute approximate surface area is 414 Å². The Balaban J connectivity index is 4.43. The zero-order valence-electron chi connectivity index (χ0n) is 43.9. The van der Waals surface area contributed by atoms with Crippen molar-refractivity contribution < 1.29 is 28.6 Å². The summed E-state index contributed by atoms with van der Waals surface area (Å²) in [6.07, 6.45) is 71.5. The molecule has 0 saturated heterocycles. The molecule has 0 aliphatic carbocycles. The standard InChI is InChI=1S/C61H104O6/c1-4-7-10-13-16-19-22-25-27-29-31-33-34-36-39-42-45-48-51-54-60(63)66-57-58(56-65-59(62)53-50-47-44-41-38-24-21-18-15-12-9-6-3)67-61(64)55-52-49-46-43-40-37-35-32-30-28-26-23-20-17-14-11-8-5-2/h9,12,18,21,23,26,28-32,35,38,41,58H,4-8,10-11,13-17,19-20,22,24-25,27,33-34,36-37,39-40,42-57H2,1-3H3/b12-9-,21-18-,26-23-,30-28-,31-29-,35-32-,41-38-. The average molecular weight is 933 g/mol. The van der Waals surface area contributed by atoms with E-state index in [0.29, 0.717) is 19.3 Å². The molecule has 0 bridgehead atoms. The molecule has 1 unspecified atom stereocenters. The number of esters is 3. The zero-order valence-corrected chi connectivity index (χ0v) is 43.9. The van der Waals surface area contributed by atoms with Gasteiger partial charge in [-0.25, -0.2) is 0 Å². The van der Waals surface area contributed by atoms with Crippen LogP contribution in [-0.4, -0.2) is 37.2 Å². The summed E-state index contributed by atoms with van der Waals surface area (Å²) >= 11 is 0. The molecule has 0 amide bonds. The molecular weight excluding hydrogens is 829 g/mol. The molecular formula is C61H104O6. The van der Waals surface area contributed by atoms with Crippen LogP contribution in [0.3, 0.4) is 0 Å². The van der Waals surface area contributed by atoms with E-state index < -0.39 is 6.10 Å². The predicted octanol–water partition coefficient (Wildman–Crippen LogP) is 18.8. The minimum atomic E-state index is -0.805. The first kappa shape index (κ1) is 63.6. The number of ether oxygens (including phenoxy) is 3. The Bertz CT molecular complexity index is 1300. The van der Waals surface area contributed by atoms with E-state index in [-0.39, 0.29) is 31.1 Å². The van der Waals surface area contributed by atoms with Crippen LogP contribution in [0.4, 0.5) is 0 Å². The first-order valence-electron chi connectivity index (χ1n) is 28.1. The molecule has 0 aliphatic rings. The van der Waals surface area contributed by atoms with Crippen molar-refractivity contribution in [2.75, 3.05) is 13.2 Å². The van der Waals surface area contributed by atoms with Crippen molar-refractivity contribution in [2.24, 2.45) is 0 Å². The van der Waals surface area contributed by atoms with Crippen LogP contribution < -0.4 is 0 Å². The van der Waals surface area contributed by atoms with Crippen LogP contribution in [0.25, 0.3) is 0 Å². The maximum Gasteiger partial charge on any atom is 0.306 e. The Morgan fingerprint density at radius 1 is 0.328 bits per heavy atom. The molecule has 0 aromatic rings. The largest absolute Gasteiger partial charge is 0.462 e. The molecule has 0 N–H and O–H groups in total. The number of rotatable bonds is 50. The zero-order chi connectivity index (χ0) is 48.6. The summed E-state index contributed by atoms with van der Waals surface area (Å²) in [4.78, 5) is 38.1. The highest BCUT2D eigenvalue weighted by Gasteiger charge is 2.19. The fraction of sp³-hybridized carbons (Fsp3) is 0.721. The van der Waals surface area contributed by atoms with Crippen LogP contribution in [0, 0.1) is 0 Å². The van der Waals surface area contributed by atoms with E-state index in [1.165, 1.54) is 122 Å². The fourth-order valence-electron chi connectivity index (χ4n) is 7.69. The molecule has 0 heterocycles. The predicted molar refractivity (Wildman–Crippen MR) is 288 cm³/mol. The highest BCUT2D eigenvalue weighted by Crippen LogP contribution is 2.14. The maximum absolute atomic E-state index is 12.8. The van der Waals surface area contributed by atoms with E-state index in [4.69, 9.17) is 14.2 Å². The third-order valence-electron chi connectivity index (χ3n) is 11.9. The summed E-state index contributed by atoms with van der Waals surface area (Å²) in [5.41, 5.74) is 0. The second-order valence-electron chi connectivity index (χ2n) is 18.5. The number of hydrogen-bond donors (Lipinski definition) is 0. The second-order valence-corrected chi connectivity index (χ2v) is 18.5. The Morgan fingerprint density at radius 3 is 1.07 bits per heavy atom. The van der Waals surface area contributed by atoms with Crippen molar-refractivity contribution >= 4 is 17.9 Å². The van der Waals surface area contributed by atoms with Gasteiger partial charge in [0.15, 0.2) is 6.10 Å². The third kappa shape index (κ3) is 53.4. The van der Waals surface area contributed by atoms with E-state index >= 15 is 0 Å². The minimum Gasteiger partial charge on any atom is -0.462 e. The number of carbonyl (C=O) groups is 3. The number of carbonyl (C=O) groups excluding carboxylic acids is 3. The van der Waals surface area contributed by atoms with E-state index in [1.807, 2.05) is 0 Å². The van der Waals surface area contributed by atoms with Crippen LogP contribution in [0.1, 0.15) is 265 Å². The molecule has 0 aliphatic heterocycles. The maximum atomic E-state index is 12.8. The Hall–Kier alpha value is -3.41. The monoisotopic (exact) mass is 933 g/mol. The normalized spacial score (nSPS) is 12.7. The fourth-order valence-corrected chi connectivity index (χ4v) is 7.69. The molecule has 0 radical (unpaired) electrons. The molecule has 67 heavy (non-hydrogen) atoms.